The largest absolute Gasteiger partial charge is 0.332 e. The minimum atomic E-state index is -0.589. The quantitative estimate of drug-likeness (QED) is 0.792. The highest BCUT2D eigenvalue weighted by Crippen LogP contribution is 2.37. The lowest BCUT2D eigenvalue weighted by molar-refractivity contribution is -0.119. The molecule has 0 bridgehead atoms. The van der Waals surface area contributed by atoms with Crippen molar-refractivity contribution in [3.63, 3.8) is 0 Å². The Morgan fingerprint density at radius 1 is 1.11 bits per heavy atom. The van der Waals surface area contributed by atoms with Crippen molar-refractivity contribution in [2.75, 3.05) is 4.90 Å². The van der Waals surface area contributed by atoms with Crippen LogP contribution >= 0.6 is 11.8 Å². The molecule has 0 saturated carbocycles. The zero-order valence-electron chi connectivity index (χ0n) is 14.4. The van der Waals surface area contributed by atoms with Crippen LogP contribution in [0.5, 0.6) is 0 Å². The van der Waals surface area contributed by atoms with Crippen LogP contribution in [0.2, 0.25) is 0 Å². The number of halogens is 2. The van der Waals surface area contributed by atoms with Gasteiger partial charge in [0.25, 0.3) is 5.91 Å². The molecule has 3 amide bonds. The number of urea groups is 1. The van der Waals surface area contributed by atoms with Crippen molar-refractivity contribution < 1.29 is 18.4 Å². The summed E-state index contributed by atoms with van der Waals surface area (Å²) in [7, 11) is 0. The maximum absolute atomic E-state index is 14.1. The van der Waals surface area contributed by atoms with Gasteiger partial charge in [-0.3, -0.25) is 4.79 Å². The third-order valence-electron chi connectivity index (χ3n) is 4.68. The molecule has 0 aliphatic carbocycles. The lowest BCUT2D eigenvalue weighted by Gasteiger charge is -2.41. The Morgan fingerprint density at radius 2 is 1.93 bits per heavy atom. The van der Waals surface area contributed by atoms with Gasteiger partial charge in [0.05, 0.1) is 18.3 Å². The van der Waals surface area contributed by atoms with Crippen LogP contribution in [0.1, 0.15) is 11.1 Å². The Bertz CT molecular complexity index is 963. The van der Waals surface area contributed by atoms with Crippen LogP contribution in [0.15, 0.2) is 53.9 Å². The van der Waals surface area contributed by atoms with Gasteiger partial charge in [-0.2, -0.15) is 0 Å². The number of amides is 3. The van der Waals surface area contributed by atoms with Gasteiger partial charge in [0.2, 0.25) is 0 Å². The standard InChI is InChI=1S/C20H16F2N2O2S/c1-12-3-2-4-15(9-12)24-19(25)18-17(7-8-27-18)23(20(24)26)11-13-10-14(21)5-6-16(13)22/h2-10,17-18H,11H2,1H3. The lowest BCUT2D eigenvalue weighted by Crippen LogP contribution is -2.61. The highest BCUT2D eigenvalue weighted by Gasteiger charge is 2.48. The van der Waals surface area contributed by atoms with Crippen LogP contribution in [0.4, 0.5) is 19.3 Å². The number of hydrogen-bond acceptors (Lipinski definition) is 3. The van der Waals surface area contributed by atoms with Crippen molar-refractivity contribution in [3.05, 3.63) is 76.7 Å². The summed E-state index contributed by atoms with van der Waals surface area (Å²) in [5.41, 5.74) is 1.46. The Kier molecular flexibility index (Phi) is 4.47. The van der Waals surface area contributed by atoms with Gasteiger partial charge < -0.3 is 4.90 Å². The Morgan fingerprint density at radius 3 is 2.70 bits per heavy atom. The minimum Gasteiger partial charge on any atom is -0.311 e. The van der Waals surface area contributed by atoms with Gasteiger partial charge in [-0.15, -0.1) is 11.8 Å². The van der Waals surface area contributed by atoms with Crippen LogP contribution in [0, 0.1) is 18.6 Å². The van der Waals surface area contributed by atoms with E-state index in [9.17, 15) is 18.4 Å². The van der Waals surface area contributed by atoms with Gasteiger partial charge in [0.1, 0.15) is 16.9 Å². The van der Waals surface area contributed by atoms with Crippen molar-refractivity contribution in [2.45, 2.75) is 24.8 Å². The maximum Gasteiger partial charge on any atom is 0.332 e. The summed E-state index contributed by atoms with van der Waals surface area (Å²) in [4.78, 5) is 28.6. The van der Waals surface area contributed by atoms with Crippen molar-refractivity contribution in [3.8, 4) is 0 Å². The number of rotatable bonds is 3. The van der Waals surface area contributed by atoms with Gasteiger partial charge >= 0.3 is 6.03 Å². The number of carbonyl (C=O) groups is 2. The van der Waals surface area contributed by atoms with E-state index in [1.165, 1.54) is 16.7 Å². The van der Waals surface area contributed by atoms with E-state index in [-0.39, 0.29) is 18.0 Å². The SMILES string of the molecule is Cc1cccc(N2C(=O)C3SC=CC3N(Cc3cc(F)ccc3F)C2=O)c1. The van der Waals surface area contributed by atoms with E-state index < -0.39 is 29.0 Å². The maximum atomic E-state index is 14.1. The van der Waals surface area contributed by atoms with E-state index in [0.717, 1.165) is 28.7 Å². The van der Waals surface area contributed by atoms with Crippen LogP contribution in [-0.2, 0) is 11.3 Å². The molecule has 2 aromatic carbocycles. The number of carbonyl (C=O) groups excluding carboxylic acids is 2. The molecule has 2 unspecified atom stereocenters. The second-order valence-electron chi connectivity index (χ2n) is 6.53. The Balaban J connectivity index is 1.73. The number of hydrogen-bond donors (Lipinski definition) is 0. The number of thioether (sulfide) groups is 1. The summed E-state index contributed by atoms with van der Waals surface area (Å²) >= 11 is 1.33. The molecule has 1 fully saturated rings. The van der Waals surface area contributed by atoms with Gasteiger partial charge in [-0.25, -0.2) is 18.5 Å². The predicted octanol–water partition coefficient (Wildman–Crippen LogP) is 4.24. The number of fused-ring (bicyclic) bond motifs is 1. The molecule has 2 heterocycles. The van der Waals surface area contributed by atoms with Crippen LogP contribution < -0.4 is 4.90 Å². The summed E-state index contributed by atoms with van der Waals surface area (Å²) in [6, 6.07) is 9.22. The number of anilines is 1. The molecule has 0 N–H and O–H groups in total. The van der Waals surface area contributed by atoms with Gasteiger partial charge in [-0.05, 0) is 48.2 Å². The first-order valence-corrected chi connectivity index (χ1v) is 9.37. The van der Waals surface area contributed by atoms with Crippen LogP contribution in [0.25, 0.3) is 0 Å². The molecular weight excluding hydrogens is 370 g/mol. The zero-order chi connectivity index (χ0) is 19.1. The van der Waals surface area contributed by atoms with Gasteiger partial charge in [-0.1, -0.05) is 18.2 Å². The molecule has 0 aromatic heterocycles. The van der Waals surface area contributed by atoms with E-state index in [0.29, 0.717) is 5.69 Å². The van der Waals surface area contributed by atoms with Crippen molar-refractivity contribution >= 4 is 29.4 Å². The van der Waals surface area contributed by atoms with E-state index in [1.807, 2.05) is 13.0 Å². The highest BCUT2D eigenvalue weighted by atomic mass is 32.2. The van der Waals surface area contributed by atoms with Gasteiger partial charge in [0, 0.05) is 5.56 Å². The summed E-state index contributed by atoms with van der Waals surface area (Å²) < 4.78 is 27.7. The molecule has 2 atom stereocenters. The van der Waals surface area contributed by atoms with E-state index in [2.05, 4.69) is 0 Å². The van der Waals surface area contributed by atoms with E-state index >= 15 is 0 Å². The Hall–Kier alpha value is -2.67. The summed E-state index contributed by atoms with van der Waals surface area (Å²) in [5.74, 6) is -1.47. The van der Waals surface area contributed by atoms with Crippen molar-refractivity contribution in [1.82, 2.24) is 4.90 Å². The monoisotopic (exact) mass is 386 g/mol. The van der Waals surface area contributed by atoms with Crippen LogP contribution in [-0.4, -0.2) is 28.1 Å². The number of nitrogens with zero attached hydrogens (tertiary/aromatic N) is 2. The third-order valence-corrected chi connectivity index (χ3v) is 5.77. The highest BCUT2D eigenvalue weighted by molar-refractivity contribution is 8.03. The first kappa shape index (κ1) is 17.7. The van der Waals surface area contributed by atoms with E-state index in [1.54, 1.807) is 29.7 Å². The fourth-order valence-corrected chi connectivity index (χ4v) is 4.41. The molecule has 0 spiro atoms. The average molecular weight is 386 g/mol. The molecule has 27 heavy (non-hydrogen) atoms. The molecule has 2 aliphatic rings. The fraction of sp³-hybridized carbons (Fsp3) is 0.200. The lowest BCUT2D eigenvalue weighted by atomic mass is 10.0. The molecule has 4 rings (SSSR count). The Labute approximate surface area is 159 Å². The number of benzene rings is 2. The second-order valence-corrected chi connectivity index (χ2v) is 7.59. The molecule has 0 radical (unpaired) electrons. The third kappa shape index (κ3) is 3.12. The summed E-state index contributed by atoms with van der Waals surface area (Å²) in [6.45, 7) is 1.75. The molecule has 138 valence electrons. The number of aryl methyl sites for hydroxylation is 1. The molecule has 2 aliphatic heterocycles. The zero-order valence-corrected chi connectivity index (χ0v) is 15.2. The smallest absolute Gasteiger partial charge is 0.311 e. The predicted molar refractivity (Wildman–Crippen MR) is 100 cm³/mol. The normalized spacial score (nSPS) is 21.7. The van der Waals surface area contributed by atoms with E-state index in [4.69, 9.17) is 0 Å². The van der Waals surface area contributed by atoms with Crippen molar-refractivity contribution in [1.29, 1.82) is 0 Å². The minimum absolute atomic E-state index is 0.0749. The van der Waals surface area contributed by atoms with Gasteiger partial charge in [0.15, 0.2) is 0 Å². The average Bonchev–Trinajstić information content (AvgIpc) is 3.12. The number of imide groups is 1. The molecule has 1 saturated heterocycles. The van der Waals surface area contributed by atoms with Crippen LogP contribution in [0.3, 0.4) is 0 Å². The topological polar surface area (TPSA) is 40.6 Å². The van der Waals surface area contributed by atoms with Crippen molar-refractivity contribution in [2.24, 2.45) is 0 Å². The molecular formula is C20H16F2N2O2S. The fourth-order valence-electron chi connectivity index (χ4n) is 3.37. The summed E-state index contributed by atoms with van der Waals surface area (Å²) in [6.07, 6.45) is 1.76. The summed E-state index contributed by atoms with van der Waals surface area (Å²) in [5, 5.41) is 1.27. The molecule has 2 aromatic rings. The second kappa shape index (κ2) is 6.81. The molecule has 7 heteroatoms. The first-order valence-electron chi connectivity index (χ1n) is 8.43. The first-order chi connectivity index (χ1) is 13.0. The molecule has 4 nitrogen and oxygen atoms in total.